The highest BCUT2D eigenvalue weighted by atomic mass is 79.9. The Hall–Kier alpha value is -2.35. The Bertz CT molecular complexity index is 911. The second-order valence-corrected chi connectivity index (χ2v) is 8.58. The van der Waals surface area contributed by atoms with Crippen LogP contribution in [-0.2, 0) is 16.0 Å². The summed E-state index contributed by atoms with van der Waals surface area (Å²) in [4.78, 5) is 24.7. The number of fused-ring (bicyclic) bond motifs is 1. The third-order valence-corrected chi connectivity index (χ3v) is 4.31. The van der Waals surface area contributed by atoms with Gasteiger partial charge in [0.05, 0.1) is 22.8 Å². The highest BCUT2D eigenvalue weighted by Gasteiger charge is 2.37. The zero-order valence-corrected chi connectivity index (χ0v) is 17.4. The Morgan fingerprint density at radius 2 is 2.00 bits per heavy atom. The fourth-order valence-electron chi connectivity index (χ4n) is 2.66. The van der Waals surface area contributed by atoms with Crippen molar-refractivity contribution in [2.45, 2.75) is 52.6 Å². The van der Waals surface area contributed by atoms with Crippen molar-refractivity contribution in [3.63, 3.8) is 0 Å². The van der Waals surface area contributed by atoms with Crippen LogP contribution in [-0.4, -0.2) is 33.1 Å². The summed E-state index contributed by atoms with van der Waals surface area (Å²) < 4.78 is 18.7. The molecule has 2 aromatic rings. The molecule has 0 radical (unpaired) electrons. The lowest BCUT2D eigenvalue weighted by Crippen LogP contribution is -2.39. The van der Waals surface area contributed by atoms with Gasteiger partial charge in [-0.2, -0.15) is 5.10 Å². The van der Waals surface area contributed by atoms with Gasteiger partial charge < -0.3 is 14.2 Å². The number of halogens is 1. The van der Waals surface area contributed by atoms with Crippen molar-refractivity contribution in [2.75, 3.05) is 0 Å². The molecule has 144 valence electrons. The average Bonchev–Trinajstić information content (AvgIpc) is 2.96. The van der Waals surface area contributed by atoms with Gasteiger partial charge in [-0.1, -0.05) is 6.07 Å². The molecule has 1 aliphatic rings. The molecule has 0 spiro atoms. The lowest BCUT2D eigenvalue weighted by molar-refractivity contribution is -0.127. The van der Waals surface area contributed by atoms with E-state index in [-0.39, 0.29) is 6.54 Å². The minimum Gasteiger partial charge on any atom is -0.456 e. The Morgan fingerprint density at radius 3 is 2.67 bits per heavy atom. The summed E-state index contributed by atoms with van der Waals surface area (Å²) in [6.45, 7) is 9.03. The zero-order chi connectivity index (χ0) is 20.0. The molecule has 8 heteroatoms. The van der Waals surface area contributed by atoms with Gasteiger partial charge in [0.2, 0.25) is 5.79 Å². The monoisotopic (exact) mass is 436 g/mol. The summed E-state index contributed by atoms with van der Waals surface area (Å²) in [7, 11) is 0. The van der Waals surface area contributed by atoms with Crippen molar-refractivity contribution in [1.29, 1.82) is 0 Å². The van der Waals surface area contributed by atoms with Gasteiger partial charge >= 0.3 is 11.9 Å². The molecule has 0 N–H and O–H groups in total. The van der Waals surface area contributed by atoms with Crippen molar-refractivity contribution in [3.8, 4) is 5.75 Å². The van der Waals surface area contributed by atoms with Gasteiger partial charge in [0, 0.05) is 20.0 Å². The van der Waals surface area contributed by atoms with E-state index in [4.69, 9.17) is 14.2 Å². The van der Waals surface area contributed by atoms with Crippen LogP contribution in [0, 0.1) is 0 Å². The van der Waals surface area contributed by atoms with Crippen molar-refractivity contribution >= 4 is 27.9 Å². The number of esters is 2. The number of carbonyl (C=O) groups is 2. The van der Waals surface area contributed by atoms with E-state index in [1.165, 1.54) is 6.20 Å². The lowest BCUT2D eigenvalue weighted by atomic mass is 10.0. The van der Waals surface area contributed by atoms with E-state index >= 15 is 0 Å². The van der Waals surface area contributed by atoms with Crippen LogP contribution in [0.15, 0.2) is 29.0 Å². The predicted molar refractivity (Wildman–Crippen MR) is 101 cm³/mol. The number of cyclic esters (lactones) is 1. The fraction of sp³-hybridized carbons (Fsp3) is 0.421. The van der Waals surface area contributed by atoms with Gasteiger partial charge in [0.15, 0.2) is 5.75 Å². The first kappa shape index (κ1) is 19.4. The maximum Gasteiger partial charge on any atom is 0.345 e. The smallest absolute Gasteiger partial charge is 0.345 e. The van der Waals surface area contributed by atoms with Gasteiger partial charge in [-0.15, -0.1) is 0 Å². The molecular formula is C19H21BrN2O5. The van der Waals surface area contributed by atoms with Crippen molar-refractivity contribution < 1.29 is 23.8 Å². The first-order valence-corrected chi connectivity index (χ1v) is 9.24. The largest absolute Gasteiger partial charge is 0.456 e. The van der Waals surface area contributed by atoms with E-state index in [2.05, 4.69) is 21.0 Å². The van der Waals surface area contributed by atoms with E-state index in [1.807, 2.05) is 0 Å². The summed E-state index contributed by atoms with van der Waals surface area (Å²) >= 11 is 3.42. The van der Waals surface area contributed by atoms with Gasteiger partial charge in [0.25, 0.3) is 0 Å². The quantitative estimate of drug-likeness (QED) is 0.677. The number of rotatable bonds is 3. The molecule has 0 amide bonds. The van der Waals surface area contributed by atoms with Crippen LogP contribution in [0.1, 0.15) is 60.9 Å². The minimum atomic E-state index is -1.04. The lowest BCUT2D eigenvalue weighted by Gasteiger charge is -2.33. The van der Waals surface area contributed by atoms with E-state index in [0.717, 1.165) is 0 Å². The van der Waals surface area contributed by atoms with Crippen molar-refractivity contribution in [3.05, 3.63) is 45.7 Å². The number of carbonyl (C=O) groups excluding carboxylic acids is 2. The molecule has 0 bridgehead atoms. The normalized spacial score (nSPS) is 15.6. The highest BCUT2D eigenvalue weighted by molar-refractivity contribution is 9.10. The van der Waals surface area contributed by atoms with Crippen LogP contribution >= 0.6 is 15.9 Å². The molecule has 3 rings (SSSR count). The molecule has 0 saturated heterocycles. The molecule has 0 saturated carbocycles. The first-order valence-electron chi connectivity index (χ1n) is 8.45. The highest BCUT2D eigenvalue weighted by Crippen LogP contribution is 2.39. The standard InChI is InChI=1S/C19H21BrN2O5/c1-18(2,3)26-16(23)12-8-21-22(10-12)9-11-6-7-13(20)15-14(11)17(24)27-19(4,5)25-15/h6-8,10H,9H2,1-5H3. The number of ether oxygens (including phenoxy) is 3. The van der Waals surface area contributed by atoms with Crippen LogP contribution in [0.3, 0.4) is 0 Å². The topological polar surface area (TPSA) is 79.7 Å². The molecule has 1 aromatic carbocycles. The van der Waals surface area contributed by atoms with Crippen molar-refractivity contribution in [2.24, 2.45) is 0 Å². The van der Waals surface area contributed by atoms with Gasteiger partial charge in [-0.05, 0) is 48.3 Å². The molecule has 1 aromatic heterocycles. The van der Waals surface area contributed by atoms with Gasteiger partial charge in [0.1, 0.15) is 11.2 Å². The molecule has 2 heterocycles. The predicted octanol–water partition coefficient (Wildman–Crippen LogP) is 3.93. The maximum absolute atomic E-state index is 12.5. The van der Waals surface area contributed by atoms with E-state index in [0.29, 0.717) is 26.9 Å². The Balaban J connectivity index is 1.88. The Kier molecular flexibility index (Phi) is 4.80. The third-order valence-electron chi connectivity index (χ3n) is 3.69. The molecule has 7 nitrogen and oxygen atoms in total. The zero-order valence-electron chi connectivity index (χ0n) is 15.8. The maximum atomic E-state index is 12.5. The van der Waals surface area contributed by atoms with Crippen LogP contribution in [0.25, 0.3) is 0 Å². The van der Waals surface area contributed by atoms with Crippen molar-refractivity contribution in [1.82, 2.24) is 9.78 Å². The van der Waals surface area contributed by atoms with E-state index in [9.17, 15) is 9.59 Å². The van der Waals surface area contributed by atoms with Crippen LogP contribution in [0.5, 0.6) is 5.75 Å². The molecule has 0 atom stereocenters. The molecule has 0 unspecified atom stereocenters. The first-order chi connectivity index (χ1) is 12.5. The molecule has 27 heavy (non-hydrogen) atoms. The molecule has 0 aliphatic carbocycles. The number of hydrogen-bond acceptors (Lipinski definition) is 6. The van der Waals surface area contributed by atoms with Gasteiger partial charge in [-0.25, -0.2) is 9.59 Å². The van der Waals surface area contributed by atoms with E-state index < -0.39 is 23.3 Å². The van der Waals surface area contributed by atoms with Gasteiger partial charge in [-0.3, -0.25) is 4.68 Å². The van der Waals surface area contributed by atoms with Crippen LogP contribution < -0.4 is 4.74 Å². The third kappa shape index (κ3) is 4.32. The van der Waals surface area contributed by atoms with Crippen LogP contribution in [0.4, 0.5) is 0 Å². The Labute approximate surface area is 165 Å². The average molecular weight is 437 g/mol. The molecular weight excluding hydrogens is 416 g/mol. The Morgan fingerprint density at radius 1 is 1.30 bits per heavy atom. The minimum absolute atomic E-state index is 0.275. The second-order valence-electron chi connectivity index (χ2n) is 7.73. The summed E-state index contributed by atoms with van der Waals surface area (Å²) in [6.07, 6.45) is 3.03. The van der Waals surface area contributed by atoms with Crippen LogP contribution in [0.2, 0.25) is 0 Å². The number of aromatic nitrogens is 2. The number of nitrogens with zero attached hydrogens (tertiary/aromatic N) is 2. The molecule has 0 fully saturated rings. The number of benzene rings is 1. The second kappa shape index (κ2) is 6.67. The van der Waals surface area contributed by atoms with E-state index in [1.54, 1.807) is 57.6 Å². The SMILES string of the molecule is CC(C)(C)OC(=O)c1cnn(Cc2ccc(Br)c3c2C(=O)OC(C)(C)O3)c1. The summed E-state index contributed by atoms with van der Waals surface area (Å²) in [5, 5.41) is 4.20. The summed E-state index contributed by atoms with van der Waals surface area (Å²) in [5.74, 6) is -1.51. The summed E-state index contributed by atoms with van der Waals surface area (Å²) in [5.41, 5.74) is 0.777. The molecule has 1 aliphatic heterocycles. The number of hydrogen-bond donors (Lipinski definition) is 0. The fourth-order valence-corrected chi connectivity index (χ4v) is 3.07. The summed E-state index contributed by atoms with van der Waals surface area (Å²) in [6, 6.07) is 3.60.